The first kappa shape index (κ1) is 27.4. The van der Waals surface area contributed by atoms with Gasteiger partial charge in [-0.1, -0.05) is 29.4 Å². The van der Waals surface area contributed by atoms with E-state index in [1.165, 1.54) is 13.2 Å². The predicted octanol–water partition coefficient (Wildman–Crippen LogP) is 3.89. The number of ether oxygens (including phenoxy) is 3. The first-order valence-corrected chi connectivity index (χ1v) is 13.4. The van der Waals surface area contributed by atoms with Crippen LogP contribution < -0.4 is 14.9 Å². The van der Waals surface area contributed by atoms with E-state index in [0.717, 1.165) is 16.8 Å². The fraction of sp³-hybridized carbons (Fsp3) is 0.250. The summed E-state index contributed by atoms with van der Waals surface area (Å²) in [7, 11) is 1.48. The highest BCUT2D eigenvalue weighted by Crippen LogP contribution is 2.39. The molecule has 3 amide bonds. The van der Waals surface area contributed by atoms with Crippen LogP contribution in [0.25, 0.3) is 6.08 Å². The van der Waals surface area contributed by atoms with Crippen LogP contribution in [0, 0.1) is 0 Å². The fourth-order valence-corrected chi connectivity index (χ4v) is 5.46. The number of rotatable bonds is 7. The number of carbonyl (C=O) groups excluding carboxylic acids is 3. The normalized spacial score (nSPS) is 16.8. The molecule has 0 atom stereocenters. The van der Waals surface area contributed by atoms with Gasteiger partial charge in [0.25, 0.3) is 17.7 Å². The third-order valence-corrected chi connectivity index (χ3v) is 7.47. The zero-order valence-electron chi connectivity index (χ0n) is 19.5. The van der Waals surface area contributed by atoms with Gasteiger partial charge in [0.15, 0.2) is 22.4 Å². The second kappa shape index (κ2) is 12.3. The van der Waals surface area contributed by atoms with Gasteiger partial charge in [0.1, 0.15) is 0 Å². The van der Waals surface area contributed by atoms with Gasteiger partial charge in [0, 0.05) is 23.7 Å². The molecule has 1 N–H and O–H groups in total. The maximum atomic E-state index is 13.0. The topological polar surface area (TPSA) is 97.4 Å². The van der Waals surface area contributed by atoms with Crippen molar-refractivity contribution >= 4 is 79.6 Å². The van der Waals surface area contributed by atoms with Crippen molar-refractivity contribution in [3.63, 3.8) is 0 Å². The van der Waals surface area contributed by atoms with Crippen molar-refractivity contribution < 1.29 is 28.6 Å². The first-order chi connectivity index (χ1) is 17.8. The first-order valence-electron chi connectivity index (χ1n) is 11.0. The summed E-state index contributed by atoms with van der Waals surface area (Å²) in [5.41, 5.74) is 3.44. The Labute approximate surface area is 236 Å². The van der Waals surface area contributed by atoms with Crippen LogP contribution >= 0.6 is 51.5 Å². The molecule has 2 saturated heterocycles. The maximum absolute atomic E-state index is 13.0. The highest BCUT2D eigenvalue weighted by atomic mass is 79.9. The Bertz CT molecular complexity index is 1290. The van der Waals surface area contributed by atoms with Gasteiger partial charge in [-0.25, -0.2) is 0 Å². The van der Waals surface area contributed by atoms with Crippen LogP contribution in [0.5, 0.6) is 11.5 Å². The molecule has 2 aromatic carbocycles. The van der Waals surface area contributed by atoms with Gasteiger partial charge in [-0.15, -0.1) is 0 Å². The van der Waals surface area contributed by atoms with E-state index in [9.17, 15) is 14.4 Å². The standard InChI is InChI=1S/C24H21BrClN3O6S2/c1-33-18-10-14(9-17(25)21(18)35-13-20(30)28-5-7-34-8-6-28)11-19-23(32)29(24(36)37-19)27-22(31)15-3-2-4-16(26)12-15/h2-4,9-12H,5-8,13H2,1H3,(H,27,31)/b19-11+. The highest BCUT2D eigenvalue weighted by molar-refractivity contribution is 9.10. The molecule has 9 nitrogen and oxygen atoms in total. The smallest absolute Gasteiger partial charge is 0.285 e. The average molecular weight is 627 g/mol. The van der Waals surface area contributed by atoms with Crippen LogP contribution in [0.2, 0.25) is 5.02 Å². The number of hydrogen-bond acceptors (Lipinski definition) is 8. The van der Waals surface area contributed by atoms with Gasteiger partial charge in [-0.2, -0.15) is 5.01 Å². The lowest BCUT2D eigenvalue weighted by molar-refractivity contribution is -0.137. The number of thiocarbonyl (C=S) groups is 1. The van der Waals surface area contributed by atoms with Gasteiger partial charge in [-0.3, -0.25) is 19.8 Å². The van der Waals surface area contributed by atoms with E-state index in [2.05, 4.69) is 21.4 Å². The molecule has 0 radical (unpaired) electrons. The summed E-state index contributed by atoms with van der Waals surface area (Å²) in [6.07, 6.45) is 1.63. The maximum Gasteiger partial charge on any atom is 0.285 e. The Morgan fingerprint density at radius 1 is 1.27 bits per heavy atom. The van der Waals surface area contributed by atoms with Crippen molar-refractivity contribution in [3.05, 3.63) is 61.9 Å². The van der Waals surface area contributed by atoms with Crippen LogP contribution in [-0.4, -0.2) is 72.0 Å². The largest absolute Gasteiger partial charge is 0.493 e. The van der Waals surface area contributed by atoms with Crippen LogP contribution in [0.15, 0.2) is 45.8 Å². The number of methoxy groups -OCH3 is 1. The molecule has 2 aliphatic heterocycles. The summed E-state index contributed by atoms with van der Waals surface area (Å²) >= 11 is 15.8. The minimum absolute atomic E-state index is 0.148. The number of nitrogens with one attached hydrogen (secondary N) is 1. The molecule has 0 unspecified atom stereocenters. The van der Waals surface area contributed by atoms with E-state index in [1.807, 2.05) is 0 Å². The second-order valence-corrected chi connectivity index (χ2v) is 10.8. The van der Waals surface area contributed by atoms with Crippen molar-refractivity contribution in [1.29, 1.82) is 0 Å². The Morgan fingerprint density at radius 2 is 2.03 bits per heavy atom. The molecule has 0 saturated carbocycles. The quantitative estimate of drug-likeness (QED) is 0.365. The van der Waals surface area contributed by atoms with E-state index in [-0.39, 0.29) is 16.8 Å². The highest BCUT2D eigenvalue weighted by Gasteiger charge is 2.34. The molecule has 0 aliphatic carbocycles. The zero-order chi connectivity index (χ0) is 26.5. The van der Waals surface area contributed by atoms with Gasteiger partial charge >= 0.3 is 0 Å². The Balaban J connectivity index is 1.47. The molecule has 4 rings (SSSR count). The Morgan fingerprint density at radius 3 is 2.73 bits per heavy atom. The van der Waals surface area contributed by atoms with Crippen molar-refractivity contribution in [3.8, 4) is 11.5 Å². The minimum atomic E-state index is -0.516. The van der Waals surface area contributed by atoms with Crippen LogP contribution in [0.4, 0.5) is 0 Å². The van der Waals surface area contributed by atoms with Crippen LogP contribution in [0.1, 0.15) is 15.9 Å². The number of halogens is 2. The molecule has 2 aromatic rings. The van der Waals surface area contributed by atoms with Gasteiger partial charge in [-0.05, 0) is 70.1 Å². The minimum Gasteiger partial charge on any atom is -0.493 e. The summed E-state index contributed by atoms with van der Waals surface area (Å²) in [6, 6.07) is 9.76. The van der Waals surface area contributed by atoms with E-state index in [4.69, 9.17) is 38.0 Å². The molecular weight excluding hydrogens is 606 g/mol. The molecule has 13 heteroatoms. The molecule has 0 spiro atoms. The third kappa shape index (κ3) is 6.63. The number of nitrogens with zero attached hydrogens (tertiary/aromatic N) is 2. The van der Waals surface area contributed by atoms with Crippen molar-refractivity contribution in [1.82, 2.24) is 15.3 Å². The van der Waals surface area contributed by atoms with E-state index >= 15 is 0 Å². The SMILES string of the molecule is COc1cc(/C=C2/SC(=S)N(NC(=O)c3cccc(Cl)c3)C2=O)cc(Br)c1OCC(=O)N1CCOCC1. The number of amides is 3. The number of thioether (sulfide) groups is 1. The summed E-state index contributed by atoms with van der Waals surface area (Å²) in [5, 5.41) is 1.42. The lowest BCUT2D eigenvalue weighted by atomic mass is 10.2. The predicted molar refractivity (Wildman–Crippen MR) is 148 cm³/mol. The van der Waals surface area contributed by atoms with Crippen molar-refractivity contribution in [2.24, 2.45) is 0 Å². The Kier molecular flexibility index (Phi) is 9.08. The van der Waals surface area contributed by atoms with Gasteiger partial charge in [0.2, 0.25) is 0 Å². The Hall–Kier alpha value is -2.64. The molecule has 2 fully saturated rings. The van der Waals surface area contributed by atoms with E-state index in [1.54, 1.807) is 41.3 Å². The molecular formula is C24H21BrClN3O6S2. The lowest BCUT2D eigenvalue weighted by Crippen LogP contribution is -2.44. The monoisotopic (exact) mass is 625 g/mol. The molecule has 0 aromatic heterocycles. The van der Waals surface area contributed by atoms with Crippen LogP contribution in [-0.2, 0) is 14.3 Å². The van der Waals surface area contributed by atoms with E-state index in [0.29, 0.717) is 63.3 Å². The number of hydrazine groups is 1. The summed E-state index contributed by atoms with van der Waals surface area (Å²) in [6.45, 7) is 1.90. The van der Waals surface area contributed by atoms with Gasteiger partial charge < -0.3 is 19.1 Å². The van der Waals surface area contributed by atoms with Gasteiger partial charge in [0.05, 0.1) is 29.7 Å². The molecule has 2 aliphatic rings. The molecule has 194 valence electrons. The summed E-state index contributed by atoms with van der Waals surface area (Å²) < 4.78 is 17.2. The lowest BCUT2D eigenvalue weighted by Gasteiger charge is -2.27. The number of hydrogen-bond donors (Lipinski definition) is 1. The average Bonchev–Trinajstić information content (AvgIpc) is 3.15. The fourth-order valence-electron chi connectivity index (χ4n) is 3.51. The number of carbonyl (C=O) groups is 3. The number of benzene rings is 2. The summed E-state index contributed by atoms with van der Waals surface area (Å²) in [5.74, 6) is -0.401. The summed E-state index contributed by atoms with van der Waals surface area (Å²) in [4.78, 5) is 40.0. The van der Waals surface area contributed by atoms with Crippen molar-refractivity contribution in [2.45, 2.75) is 0 Å². The third-order valence-electron chi connectivity index (χ3n) is 5.35. The number of morpholine rings is 1. The zero-order valence-corrected chi connectivity index (χ0v) is 23.5. The molecule has 0 bridgehead atoms. The van der Waals surface area contributed by atoms with Crippen molar-refractivity contribution in [2.75, 3.05) is 40.0 Å². The second-order valence-electron chi connectivity index (χ2n) is 7.78. The molecule has 37 heavy (non-hydrogen) atoms. The van der Waals surface area contributed by atoms with Crippen LogP contribution in [0.3, 0.4) is 0 Å². The van der Waals surface area contributed by atoms with E-state index < -0.39 is 11.8 Å². The molecule has 2 heterocycles.